The second-order valence-electron chi connectivity index (χ2n) is 20.9. The topological polar surface area (TPSA) is 48.9 Å². The van der Waals surface area contributed by atoms with Crippen molar-refractivity contribution >= 4 is 0 Å². The number of aliphatic hydroxyl groups is 1. The highest BCUT2D eigenvalue weighted by molar-refractivity contribution is 4.81. The van der Waals surface area contributed by atoms with Crippen LogP contribution in [-0.2, 0) is 4.74 Å². The zero-order valence-electron chi connectivity index (χ0n) is 40.9. The highest BCUT2D eigenvalue weighted by Gasteiger charge is 2.27. The second-order valence-corrected chi connectivity index (χ2v) is 20.9. The molecule has 0 aliphatic carbocycles. The lowest BCUT2D eigenvalue weighted by atomic mass is 9.93. The molecular formula is C48H104N6O2. The first-order valence-electron chi connectivity index (χ1n) is 23.8. The van der Waals surface area contributed by atoms with E-state index in [0.29, 0.717) is 0 Å². The van der Waals surface area contributed by atoms with E-state index in [-0.39, 0.29) is 0 Å². The van der Waals surface area contributed by atoms with E-state index in [9.17, 15) is 5.11 Å². The van der Waals surface area contributed by atoms with Crippen molar-refractivity contribution in [1.29, 1.82) is 0 Å². The van der Waals surface area contributed by atoms with Crippen molar-refractivity contribution in [2.45, 2.75) is 147 Å². The number of hydrogen-bond acceptors (Lipinski definition) is 8. The van der Waals surface area contributed by atoms with Gasteiger partial charge in [-0.3, -0.25) is 4.90 Å². The van der Waals surface area contributed by atoms with E-state index in [1.165, 1.54) is 117 Å². The molecule has 8 heteroatoms. The van der Waals surface area contributed by atoms with Gasteiger partial charge in [0.15, 0.2) is 0 Å². The summed E-state index contributed by atoms with van der Waals surface area (Å²) in [6, 6.07) is 0. The molecule has 0 unspecified atom stereocenters. The first-order chi connectivity index (χ1) is 26.3. The van der Waals surface area contributed by atoms with E-state index in [1.807, 2.05) is 6.92 Å². The molecular weight excluding hydrogens is 693 g/mol. The van der Waals surface area contributed by atoms with Gasteiger partial charge in [-0.2, -0.15) is 0 Å². The Morgan fingerprint density at radius 1 is 0.429 bits per heavy atom. The minimum Gasteiger partial charge on any atom is -0.390 e. The van der Waals surface area contributed by atoms with Crippen LogP contribution in [-0.4, -0.2) is 172 Å². The summed E-state index contributed by atoms with van der Waals surface area (Å²) in [7, 11) is 4.19. The normalized spacial score (nSPS) is 21.1. The molecule has 338 valence electrons. The van der Waals surface area contributed by atoms with Crippen LogP contribution in [0.3, 0.4) is 0 Å². The van der Waals surface area contributed by atoms with Gasteiger partial charge < -0.3 is 34.3 Å². The Balaban J connectivity index is 0.000000653. The molecule has 56 heavy (non-hydrogen) atoms. The minimum absolute atomic E-state index is 0.395. The maximum atomic E-state index is 9.70. The van der Waals surface area contributed by atoms with Crippen molar-refractivity contribution in [2.24, 2.45) is 35.5 Å². The first kappa shape index (κ1) is 55.7. The maximum absolute atomic E-state index is 9.70. The van der Waals surface area contributed by atoms with E-state index in [2.05, 4.69) is 127 Å². The summed E-state index contributed by atoms with van der Waals surface area (Å²) < 4.78 is 5.24. The van der Waals surface area contributed by atoms with Crippen LogP contribution in [0.25, 0.3) is 0 Å². The number of ether oxygens (including phenoxy) is 1. The summed E-state index contributed by atoms with van der Waals surface area (Å²) in [5.74, 6) is 4.89. The zero-order chi connectivity index (χ0) is 42.5. The van der Waals surface area contributed by atoms with E-state index < -0.39 is 5.60 Å². The number of nitrogens with zero attached hydrogens (tertiary/aromatic N) is 6. The van der Waals surface area contributed by atoms with Crippen molar-refractivity contribution in [3.05, 3.63) is 0 Å². The van der Waals surface area contributed by atoms with Crippen LogP contribution in [0.2, 0.25) is 0 Å². The standard InChI is InChI=1S/C10H21NO.C9H19N.C8H17NO.C8H17N.C7H15N.C6H15N/c1-9(2)8-11-6-4-10(3,12)5-7-11;1-9(2)8-10-6-4-3-5-7-10;1-8(2)7-9-3-5-10-6-4-9;1-8(2)7-9-5-3-4-6-9;1-7(2)6-8-4-3-5-8;1-6(2)5-7(3)4/h9,12H,4-8H2,1-3H3;9H,3-8H2,1-2H3;8H,3-7H2,1-2H3;8H,3-7H2,1-2H3;7H,3-6H2,1-2H3;6H,5H2,1-4H3. The number of rotatable bonds is 12. The van der Waals surface area contributed by atoms with Crippen LogP contribution >= 0.6 is 0 Å². The van der Waals surface area contributed by atoms with Crippen LogP contribution in [0.15, 0.2) is 0 Å². The maximum Gasteiger partial charge on any atom is 0.0644 e. The van der Waals surface area contributed by atoms with Gasteiger partial charge in [0.25, 0.3) is 0 Å². The molecule has 5 heterocycles. The fourth-order valence-electron chi connectivity index (χ4n) is 7.98. The Bertz CT molecular complexity index is 803. The minimum atomic E-state index is -0.395. The van der Waals surface area contributed by atoms with E-state index >= 15 is 0 Å². The van der Waals surface area contributed by atoms with Crippen molar-refractivity contribution in [1.82, 2.24) is 29.4 Å². The first-order valence-corrected chi connectivity index (χ1v) is 23.8. The molecule has 0 atom stereocenters. The Hall–Kier alpha value is -0.320. The number of morpholine rings is 1. The Labute approximate surface area is 352 Å². The molecule has 1 N–H and O–H groups in total. The molecule has 0 saturated carbocycles. The molecule has 5 aliphatic rings. The average Bonchev–Trinajstić information content (AvgIpc) is 3.57. The molecule has 0 amide bonds. The van der Waals surface area contributed by atoms with Crippen LogP contribution in [0, 0.1) is 35.5 Å². The zero-order valence-corrected chi connectivity index (χ0v) is 40.9. The molecule has 0 aromatic heterocycles. The molecule has 0 aromatic rings. The summed E-state index contributed by atoms with van der Waals surface area (Å²) in [6.07, 6.45) is 10.4. The predicted octanol–water partition coefficient (Wildman–Crippen LogP) is 8.88. The van der Waals surface area contributed by atoms with Gasteiger partial charge in [0.1, 0.15) is 0 Å². The quantitative estimate of drug-likeness (QED) is 0.210. The highest BCUT2D eigenvalue weighted by atomic mass is 16.5. The number of hydrogen-bond donors (Lipinski definition) is 1. The molecule has 0 spiro atoms. The second kappa shape index (κ2) is 33.4. The fraction of sp³-hybridized carbons (Fsp3) is 1.00. The molecule has 5 fully saturated rings. The molecule has 5 saturated heterocycles. The third-order valence-corrected chi connectivity index (χ3v) is 10.5. The van der Waals surface area contributed by atoms with Crippen molar-refractivity contribution in [3.63, 3.8) is 0 Å². The smallest absolute Gasteiger partial charge is 0.0644 e. The van der Waals surface area contributed by atoms with Gasteiger partial charge in [0.2, 0.25) is 0 Å². The summed E-state index contributed by atoms with van der Waals surface area (Å²) in [4.78, 5) is 14.8. The molecule has 5 rings (SSSR count). The van der Waals surface area contributed by atoms with E-state index in [0.717, 1.165) is 87.7 Å². The van der Waals surface area contributed by atoms with E-state index in [4.69, 9.17) is 4.74 Å². The Morgan fingerprint density at radius 2 is 0.714 bits per heavy atom. The van der Waals surface area contributed by atoms with Crippen LogP contribution < -0.4 is 0 Å². The van der Waals surface area contributed by atoms with Crippen molar-refractivity contribution in [3.8, 4) is 0 Å². The largest absolute Gasteiger partial charge is 0.390 e. The molecule has 0 radical (unpaired) electrons. The SMILES string of the molecule is CC(C)CN(C)C.CC(C)CN1CCC(C)(O)CC1.CC(C)CN1CCC1.CC(C)CN1CCCC1.CC(C)CN1CCCCC1.CC(C)CN1CCOCC1. The average molecular weight is 797 g/mol. The van der Waals surface area contributed by atoms with Crippen molar-refractivity contribution < 1.29 is 9.84 Å². The summed E-state index contributed by atoms with van der Waals surface area (Å²) in [5, 5.41) is 9.70. The molecule has 0 bridgehead atoms. The van der Waals surface area contributed by atoms with E-state index in [1.54, 1.807) is 0 Å². The monoisotopic (exact) mass is 797 g/mol. The molecule has 0 aromatic carbocycles. The van der Waals surface area contributed by atoms with Gasteiger partial charge in [-0.1, -0.05) is 89.5 Å². The van der Waals surface area contributed by atoms with Crippen molar-refractivity contribution in [2.75, 3.05) is 132 Å². The molecule has 5 aliphatic heterocycles. The Morgan fingerprint density at radius 3 is 0.964 bits per heavy atom. The van der Waals surface area contributed by atoms with Crippen LogP contribution in [0.1, 0.15) is 141 Å². The van der Waals surface area contributed by atoms with Gasteiger partial charge in [0.05, 0.1) is 18.8 Å². The predicted molar refractivity (Wildman–Crippen MR) is 248 cm³/mol. The third-order valence-electron chi connectivity index (χ3n) is 10.5. The summed E-state index contributed by atoms with van der Waals surface area (Å²) in [5.41, 5.74) is -0.395. The third kappa shape index (κ3) is 35.6. The number of piperidine rings is 2. The molecule has 8 nitrogen and oxygen atoms in total. The lowest BCUT2D eigenvalue weighted by Crippen LogP contribution is -2.43. The fourth-order valence-corrected chi connectivity index (χ4v) is 7.98. The van der Waals surface area contributed by atoms with Gasteiger partial charge in [-0.25, -0.2) is 0 Å². The summed E-state index contributed by atoms with van der Waals surface area (Å²) in [6.45, 7) is 50.9. The van der Waals surface area contributed by atoms with Gasteiger partial charge in [-0.05, 0) is 147 Å². The van der Waals surface area contributed by atoms with Crippen LogP contribution in [0.4, 0.5) is 0 Å². The highest BCUT2D eigenvalue weighted by Crippen LogP contribution is 2.21. The summed E-state index contributed by atoms with van der Waals surface area (Å²) >= 11 is 0. The lowest BCUT2D eigenvalue weighted by molar-refractivity contribution is -0.00770. The van der Waals surface area contributed by atoms with Crippen LogP contribution in [0.5, 0.6) is 0 Å². The lowest BCUT2D eigenvalue weighted by Gasteiger charge is -2.36. The Kier molecular flexibility index (Phi) is 33.2. The van der Waals surface area contributed by atoms with Gasteiger partial charge >= 0.3 is 0 Å². The van der Waals surface area contributed by atoms with Gasteiger partial charge in [0, 0.05) is 58.9 Å². The van der Waals surface area contributed by atoms with Gasteiger partial charge in [-0.15, -0.1) is 0 Å². The number of likely N-dealkylation sites (tertiary alicyclic amines) is 4.